The molecule has 1 spiro atoms. The molecule has 1 unspecified atom stereocenters. The van der Waals surface area contributed by atoms with Crippen molar-refractivity contribution in [3.8, 4) is 5.75 Å². The van der Waals surface area contributed by atoms with Gasteiger partial charge in [-0.1, -0.05) is 45.0 Å². The van der Waals surface area contributed by atoms with Crippen molar-refractivity contribution >= 4 is 29.3 Å². The minimum absolute atomic E-state index is 0.0524. The van der Waals surface area contributed by atoms with E-state index in [2.05, 4.69) is 45.0 Å². The van der Waals surface area contributed by atoms with Gasteiger partial charge in [0.05, 0.1) is 19.3 Å². The summed E-state index contributed by atoms with van der Waals surface area (Å²) < 4.78 is 10.5. The first kappa shape index (κ1) is 22.7. The first-order valence-corrected chi connectivity index (χ1v) is 11.7. The van der Waals surface area contributed by atoms with Gasteiger partial charge in [0.15, 0.2) is 4.87 Å². The summed E-state index contributed by atoms with van der Waals surface area (Å²) in [6.45, 7) is 7.44. The Morgan fingerprint density at radius 3 is 2.47 bits per heavy atom. The van der Waals surface area contributed by atoms with Crippen LogP contribution in [-0.2, 0) is 31.2 Å². The van der Waals surface area contributed by atoms with Gasteiger partial charge in [-0.15, -0.1) is 11.8 Å². The van der Waals surface area contributed by atoms with E-state index >= 15 is 0 Å². The third kappa shape index (κ3) is 3.67. The quantitative estimate of drug-likeness (QED) is 0.686. The van der Waals surface area contributed by atoms with Gasteiger partial charge in [-0.05, 0) is 34.7 Å². The highest BCUT2D eigenvalue weighted by atomic mass is 32.2. The number of rotatable bonds is 5. The van der Waals surface area contributed by atoms with Crippen LogP contribution in [-0.4, -0.2) is 49.8 Å². The minimum Gasteiger partial charge on any atom is -0.497 e. The molecule has 7 heteroatoms. The fourth-order valence-corrected chi connectivity index (χ4v) is 5.90. The maximum Gasteiger partial charge on any atom is 0.268 e. The highest BCUT2D eigenvalue weighted by Crippen LogP contribution is 2.55. The number of anilines is 1. The van der Waals surface area contributed by atoms with Crippen LogP contribution in [0.3, 0.4) is 0 Å². The monoisotopic (exact) mass is 454 g/mol. The molecule has 6 nitrogen and oxygen atoms in total. The van der Waals surface area contributed by atoms with Crippen molar-refractivity contribution in [1.82, 2.24) is 4.90 Å². The van der Waals surface area contributed by atoms with Gasteiger partial charge >= 0.3 is 0 Å². The van der Waals surface area contributed by atoms with Gasteiger partial charge in [0, 0.05) is 25.0 Å². The number of amides is 2. The molecule has 170 valence electrons. The zero-order valence-electron chi connectivity index (χ0n) is 19.3. The molecule has 0 radical (unpaired) electrons. The maximum absolute atomic E-state index is 14.0. The van der Waals surface area contributed by atoms with Crippen LogP contribution in [0.25, 0.3) is 0 Å². The van der Waals surface area contributed by atoms with E-state index in [-0.39, 0.29) is 23.8 Å². The SMILES string of the molecule is COCC(=O)N1CCSC12C(=O)N(Cc1ccc(C(C)(C)C)cc1)c1ccc(OC)cc12. The summed E-state index contributed by atoms with van der Waals surface area (Å²) in [5.41, 5.74) is 3.99. The van der Waals surface area contributed by atoms with Crippen molar-refractivity contribution < 1.29 is 19.1 Å². The number of thioether (sulfide) groups is 1. The molecule has 2 heterocycles. The van der Waals surface area contributed by atoms with Crippen molar-refractivity contribution in [3.63, 3.8) is 0 Å². The second-order valence-electron chi connectivity index (χ2n) is 9.19. The lowest BCUT2D eigenvalue weighted by Crippen LogP contribution is -2.51. The Hall–Kier alpha value is -2.51. The van der Waals surface area contributed by atoms with Crippen molar-refractivity contribution in [2.45, 2.75) is 37.6 Å². The predicted octanol–water partition coefficient (Wildman–Crippen LogP) is 3.91. The van der Waals surface area contributed by atoms with Crippen molar-refractivity contribution in [3.05, 3.63) is 59.2 Å². The lowest BCUT2D eigenvalue weighted by molar-refractivity contribution is -0.143. The van der Waals surface area contributed by atoms with Gasteiger partial charge in [-0.25, -0.2) is 0 Å². The summed E-state index contributed by atoms with van der Waals surface area (Å²) >= 11 is 1.51. The number of fused-ring (bicyclic) bond motifs is 2. The summed E-state index contributed by atoms with van der Waals surface area (Å²) in [6, 6.07) is 14.1. The van der Waals surface area contributed by atoms with Crippen LogP contribution in [0.4, 0.5) is 5.69 Å². The summed E-state index contributed by atoms with van der Waals surface area (Å²) in [7, 11) is 3.10. The van der Waals surface area contributed by atoms with Crippen LogP contribution in [0.2, 0.25) is 0 Å². The number of nitrogens with zero attached hydrogens (tertiary/aromatic N) is 2. The standard InChI is InChI=1S/C25H30N2O4S/c1-24(2,3)18-8-6-17(7-9-18)15-26-21-11-10-19(31-5)14-20(21)25(23(26)29)27(12-13-32-25)22(28)16-30-4/h6-11,14H,12-13,15-16H2,1-5H3. The van der Waals surface area contributed by atoms with Gasteiger partial charge in [-0.2, -0.15) is 0 Å². The number of carbonyl (C=O) groups is 2. The number of carbonyl (C=O) groups excluding carboxylic acids is 2. The molecule has 0 saturated carbocycles. The Bertz CT molecular complexity index is 1030. The first-order valence-electron chi connectivity index (χ1n) is 10.8. The molecule has 1 fully saturated rings. The Morgan fingerprint density at radius 1 is 1.12 bits per heavy atom. The Balaban J connectivity index is 1.74. The highest BCUT2D eigenvalue weighted by molar-refractivity contribution is 8.01. The maximum atomic E-state index is 14.0. The van der Waals surface area contributed by atoms with E-state index in [1.54, 1.807) is 16.9 Å². The van der Waals surface area contributed by atoms with E-state index in [1.165, 1.54) is 24.4 Å². The Morgan fingerprint density at radius 2 is 1.84 bits per heavy atom. The van der Waals surface area contributed by atoms with Crippen molar-refractivity contribution in [2.75, 3.05) is 38.0 Å². The normalized spacial score (nSPS) is 20.2. The van der Waals surface area contributed by atoms with Gasteiger partial charge < -0.3 is 19.3 Å². The largest absolute Gasteiger partial charge is 0.497 e. The fourth-order valence-electron chi connectivity index (χ4n) is 4.43. The van der Waals surface area contributed by atoms with Gasteiger partial charge in [0.1, 0.15) is 12.4 Å². The molecule has 0 bridgehead atoms. The molecule has 1 atom stereocenters. The first-order chi connectivity index (χ1) is 15.2. The van der Waals surface area contributed by atoms with Crippen LogP contribution in [0.5, 0.6) is 5.75 Å². The van der Waals surface area contributed by atoms with Gasteiger partial charge in [-0.3, -0.25) is 9.59 Å². The smallest absolute Gasteiger partial charge is 0.268 e. The second-order valence-corrected chi connectivity index (χ2v) is 10.5. The molecule has 2 aliphatic rings. The Labute approximate surface area is 193 Å². The molecule has 1 saturated heterocycles. The lowest BCUT2D eigenvalue weighted by atomic mass is 9.87. The van der Waals surface area contributed by atoms with Gasteiger partial charge in [0.2, 0.25) is 5.91 Å². The Kier molecular flexibility index (Phi) is 5.98. The average molecular weight is 455 g/mol. The van der Waals surface area contributed by atoms with E-state index in [4.69, 9.17) is 9.47 Å². The van der Waals surface area contributed by atoms with E-state index in [0.29, 0.717) is 24.6 Å². The molecule has 0 N–H and O–H groups in total. The molecule has 2 aromatic carbocycles. The number of benzene rings is 2. The van der Waals surface area contributed by atoms with Crippen molar-refractivity contribution in [2.24, 2.45) is 0 Å². The topological polar surface area (TPSA) is 59.1 Å². The molecule has 0 aromatic heterocycles. The van der Waals surface area contributed by atoms with Crippen LogP contribution in [0.1, 0.15) is 37.5 Å². The molecule has 2 amide bonds. The predicted molar refractivity (Wildman–Crippen MR) is 127 cm³/mol. The third-order valence-corrected chi connectivity index (χ3v) is 7.55. The molecule has 0 aliphatic carbocycles. The van der Waals surface area contributed by atoms with Crippen LogP contribution in [0, 0.1) is 0 Å². The molecular formula is C25H30N2O4S. The minimum atomic E-state index is -1.08. The van der Waals surface area contributed by atoms with E-state index in [9.17, 15) is 9.59 Å². The third-order valence-electron chi connectivity index (χ3n) is 6.13. The second kappa shape index (κ2) is 8.45. The number of hydrogen-bond donors (Lipinski definition) is 0. The summed E-state index contributed by atoms with van der Waals surface area (Å²) in [5.74, 6) is 1.08. The summed E-state index contributed by atoms with van der Waals surface area (Å²) in [4.78, 5) is 29.3. The van der Waals surface area contributed by atoms with Crippen molar-refractivity contribution in [1.29, 1.82) is 0 Å². The molecular weight excluding hydrogens is 424 g/mol. The van der Waals surface area contributed by atoms with Crippen LogP contribution < -0.4 is 9.64 Å². The van der Waals surface area contributed by atoms with E-state index in [0.717, 1.165) is 16.8 Å². The van der Waals surface area contributed by atoms with Crippen LogP contribution in [0.15, 0.2) is 42.5 Å². The van der Waals surface area contributed by atoms with Crippen LogP contribution >= 0.6 is 11.8 Å². The average Bonchev–Trinajstić information content (AvgIpc) is 3.31. The zero-order valence-corrected chi connectivity index (χ0v) is 20.1. The lowest BCUT2D eigenvalue weighted by Gasteiger charge is -2.33. The highest BCUT2D eigenvalue weighted by Gasteiger charge is 2.59. The van der Waals surface area contributed by atoms with E-state index in [1.807, 2.05) is 18.2 Å². The fraction of sp³-hybridized carbons (Fsp3) is 0.440. The molecule has 2 aromatic rings. The van der Waals surface area contributed by atoms with Gasteiger partial charge in [0.25, 0.3) is 5.91 Å². The number of ether oxygens (including phenoxy) is 2. The molecule has 4 rings (SSSR count). The number of hydrogen-bond acceptors (Lipinski definition) is 5. The van der Waals surface area contributed by atoms with E-state index < -0.39 is 4.87 Å². The number of methoxy groups -OCH3 is 2. The molecule has 32 heavy (non-hydrogen) atoms. The summed E-state index contributed by atoms with van der Waals surface area (Å²) in [6.07, 6.45) is 0. The summed E-state index contributed by atoms with van der Waals surface area (Å²) in [5, 5.41) is 0. The molecule has 2 aliphatic heterocycles. The zero-order chi connectivity index (χ0) is 23.1.